The van der Waals surface area contributed by atoms with Crippen molar-refractivity contribution in [3.63, 3.8) is 0 Å². The first kappa shape index (κ1) is 20.2. The largest absolute Gasteiger partial charge is 0.383 e. The maximum Gasteiger partial charge on any atom is 0.254 e. The van der Waals surface area contributed by atoms with Gasteiger partial charge in [-0.1, -0.05) is 20.8 Å². The Morgan fingerprint density at radius 1 is 1.29 bits per heavy atom. The summed E-state index contributed by atoms with van der Waals surface area (Å²) in [5, 5.41) is 8.93. The molecule has 2 N–H and O–H groups in total. The lowest BCUT2D eigenvalue weighted by Crippen LogP contribution is -2.31. The second-order valence-electron chi connectivity index (χ2n) is 8.11. The van der Waals surface area contributed by atoms with Gasteiger partial charge in [-0.25, -0.2) is 9.07 Å². The summed E-state index contributed by atoms with van der Waals surface area (Å²) in [5.41, 5.74) is 2.41. The number of H-pyrrole nitrogens is 1. The first-order valence-electron chi connectivity index (χ1n) is 9.34. The van der Waals surface area contributed by atoms with Crippen LogP contribution in [0.25, 0.3) is 16.7 Å². The molecule has 1 atom stereocenters. The molecule has 0 aliphatic heterocycles. The molecule has 0 saturated heterocycles. The number of hydrogen-bond acceptors (Lipinski definition) is 4. The second kappa shape index (κ2) is 7.85. The zero-order valence-corrected chi connectivity index (χ0v) is 17.0. The number of nitrogens with one attached hydrogen (secondary N) is 2. The van der Waals surface area contributed by atoms with E-state index in [4.69, 9.17) is 9.84 Å². The fourth-order valence-electron chi connectivity index (χ4n) is 3.16. The Hall–Kier alpha value is -2.51. The molecule has 0 fully saturated rings. The molecule has 0 unspecified atom stereocenters. The fraction of sp³-hybridized carbons (Fsp3) is 0.429. The highest BCUT2D eigenvalue weighted by Gasteiger charge is 2.24. The molecule has 0 bridgehead atoms. The number of nitrogens with zero attached hydrogens (tertiary/aromatic N) is 2. The third-order valence-corrected chi connectivity index (χ3v) is 4.60. The number of ether oxygens (including phenoxy) is 1. The Balaban J connectivity index is 2.11. The van der Waals surface area contributed by atoms with Crippen molar-refractivity contribution < 1.29 is 9.13 Å². The van der Waals surface area contributed by atoms with Gasteiger partial charge in [0.2, 0.25) is 0 Å². The van der Waals surface area contributed by atoms with Crippen LogP contribution in [-0.4, -0.2) is 34.5 Å². The molecule has 0 aliphatic rings. The van der Waals surface area contributed by atoms with Crippen molar-refractivity contribution in [1.82, 2.24) is 20.1 Å². The van der Waals surface area contributed by atoms with Crippen molar-refractivity contribution in [3.05, 3.63) is 57.8 Å². The van der Waals surface area contributed by atoms with E-state index in [0.717, 1.165) is 11.1 Å². The Kier molecular flexibility index (Phi) is 5.67. The summed E-state index contributed by atoms with van der Waals surface area (Å²) in [7, 11) is 1.65. The van der Waals surface area contributed by atoms with Gasteiger partial charge in [0.15, 0.2) is 0 Å². The van der Waals surface area contributed by atoms with Gasteiger partial charge in [0.05, 0.1) is 18.0 Å². The summed E-state index contributed by atoms with van der Waals surface area (Å²) in [6.07, 6.45) is 0. The van der Waals surface area contributed by atoms with Crippen LogP contribution < -0.4 is 10.9 Å². The predicted molar refractivity (Wildman–Crippen MR) is 109 cm³/mol. The highest BCUT2D eigenvalue weighted by molar-refractivity contribution is 5.81. The normalized spacial score (nSPS) is 13.2. The quantitative estimate of drug-likeness (QED) is 0.682. The van der Waals surface area contributed by atoms with Gasteiger partial charge in [0, 0.05) is 36.1 Å². The third kappa shape index (κ3) is 4.15. The molecular weight excluding hydrogens is 359 g/mol. The maximum absolute atomic E-state index is 13.3. The molecule has 3 rings (SSSR count). The van der Waals surface area contributed by atoms with Crippen LogP contribution in [-0.2, 0) is 16.7 Å². The third-order valence-electron chi connectivity index (χ3n) is 4.60. The van der Waals surface area contributed by atoms with Crippen LogP contribution in [0.1, 0.15) is 39.0 Å². The number of halogens is 1. The van der Waals surface area contributed by atoms with Crippen LogP contribution in [0.5, 0.6) is 0 Å². The van der Waals surface area contributed by atoms with Gasteiger partial charge < -0.3 is 15.0 Å². The van der Waals surface area contributed by atoms with Crippen LogP contribution in [0, 0.1) is 5.82 Å². The summed E-state index contributed by atoms with van der Waals surface area (Å²) in [6.45, 7) is 9.23. The molecule has 0 radical (unpaired) electrons. The van der Waals surface area contributed by atoms with Crippen LogP contribution in [0.15, 0.2) is 35.1 Å². The van der Waals surface area contributed by atoms with E-state index in [1.165, 1.54) is 12.1 Å². The Morgan fingerprint density at radius 3 is 2.57 bits per heavy atom. The Bertz CT molecular complexity index is 1020. The number of rotatable bonds is 6. The topological polar surface area (TPSA) is 71.9 Å². The van der Waals surface area contributed by atoms with Crippen molar-refractivity contribution >= 4 is 11.0 Å². The molecule has 1 aromatic carbocycles. The van der Waals surface area contributed by atoms with Gasteiger partial charge in [0.25, 0.3) is 5.56 Å². The molecule has 2 heterocycles. The van der Waals surface area contributed by atoms with E-state index >= 15 is 0 Å². The predicted octanol–water partition coefficient (Wildman–Crippen LogP) is 3.27. The molecule has 150 valence electrons. The van der Waals surface area contributed by atoms with Crippen LogP contribution in [0.2, 0.25) is 0 Å². The highest BCUT2D eigenvalue weighted by Crippen LogP contribution is 2.30. The first-order chi connectivity index (χ1) is 13.2. The van der Waals surface area contributed by atoms with Crippen molar-refractivity contribution in [2.45, 2.75) is 45.7 Å². The smallest absolute Gasteiger partial charge is 0.254 e. The molecule has 0 spiro atoms. The van der Waals surface area contributed by atoms with Crippen molar-refractivity contribution in [3.8, 4) is 5.69 Å². The molecule has 0 saturated carbocycles. The molecule has 2 aromatic heterocycles. The zero-order valence-electron chi connectivity index (χ0n) is 17.0. The number of aromatic amines is 1. The van der Waals surface area contributed by atoms with Gasteiger partial charge in [0.1, 0.15) is 11.5 Å². The average molecular weight is 386 g/mol. The summed E-state index contributed by atoms with van der Waals surface area (Å²) in [5.74, 6) is -0.316. The molecular formula is C21H27FN4O2. The minimum Gasteiger partial charge on any atom is -0.383 e. The second-order valence-corrected chi connectivity index (χ2v) is 8.11. The van der Waals surface area contributed by atoms with Gasteiger partial charge in [-0.2, -0.15) is 5.10 Å². The van der Waals surface area contributed by atoms with E-state index in [2.05, 4.69) is 31.1 Å². The van der Waals surface area contributed by atoms with Gasteiger partial charge in [-0.3, -0.25) is 4.79 Å². The lowest BCUT2D eigenvalue weighted by Gasteiger charge is -2.16. The number of fused-ring (bicyclic) bond motifs is 1. The van der Waals surface area contributed by atoms with Crippen LogP contribution in [0.3, 0.4) is 0 Å². The molecule has 0 aliphatic carbocycles. The summed E-state index contributed by atoms with van der Waals surface area (Å²) in [4.78, 5) is 15.6. The van der Waals surface area contributed by atoms with Gasteiger partial charge >= 0.3 is 0 Å². The monoisotopic (exact) mass is 386 g/mol. The van der Waals surface area contributed by atoms with Crippen molar-refractivity contribution in [2.75, 3.05) is 13.7 Å². The molecule has 6 nitrogen and oxygen atoms in total. The van der Waals surface area contributed by atoms with Gasteiger partial charge in [-0.15, -0.1) is 0 Å². The maximum atomic E-state index is 13.3. The number of benzene rings is 1. The Labute approximate surface area is 163 Å². The average Bonchev–Trinajstić information content (AvgIpc) is 2.99. The lowest BCUT2D eigenvalue weighted by molar-refractivity contribution is 0.171. The van der Waals surface area contributed by atoms with E-state index in [9.17, 15) is 9.18 Å². The highest BCUT2D eigenvalue weighted by atomic mass is 19.1. The number of pyridine rings is 1. The van der Waals surface area contributed by atoms with E-state index < -0.39 is 0 Å². The van der Waals surface area contributed by atoms with Crippen LogP contribution >= 0.6 is 0 Å². The van der Waals surface area contributed by atoms with Crippen LogP contribution in [0.4, 0.5) is 4.39 Å². The minimum atomic E-state index is -0.316. The standard InChI is InChI=1S/C21H27FN4O2/c1-13(12-28-5)23-11-14-10-17-18(21(2,3)4)25-26(19(17)24-20(14)27)16-8-6-15(22)7-9-16/h6-10,13,23H,11-12H2,1-5H3,(H,24,27)/t13-/m0/s1. The van der Waals surface area contributed by atoms with E-state index in [0.29, 0.717) is 30.0 Å². The first-order valence-corrected chi connectivity index (χ1v) is 9.34. The van der Waals surface area contributed by atoms with E-state index in [1.807, 2.05) is 13.0 Å². The molecule has 7 heteroatoms. The Morgan fingerprint density at radius 2 is 1.96 bits per heavy atom. The zero-order chi connectivity index (χ0) is 20.5. The molecule has 0 amide bonds. The van der Waals surface area contributed by atoms with Crippen molar-refractivity contribution in [1.29, 1.82) is 0 Å². The minimum absolute atomic E-state index is 0.129. The summed E-state index contributed by atoms with van der Waals surface area (Å²) in [6, 6.07) is 8.08. The van der Waals surface area contributed by atoms with E-state index in [1.54, 1.807) is 23.9 Å². The SMILES string of the molecule is COC[C@H](C)NCc1cc2c(C(C)(C)C)nn(-c3ccc(F)cc3)c2[nH]c1=O. The molecule has 3 aromatic rings. The lowest BCUT2D eigenvalue weighted by atomic mass is 9.90. The number of methoxy groups -OCH3 is 1. The molecule has 28 heavy (non-hydrogen) atoms. The van der Waals surface area contributed by atoms with E-state index in [-0.39, 0.29) is 22.8 Å². The van der Waals surface area contributed by atoms with Gasteiger partial charge in [-0.05, 0) is 37.3 Å². The fourth-order valence-corrected chi connectivity index (χ4v) is 3.16. The van der Waals surface area contributed by atoms with Crippen molar-refractivity contribution in [2.24, 2.45) is 0 Å². The number of aromatic nitrogens is 3. The summed E-state index contributed by atoms with van der Waals surface area (Å²) >= 11 is 0. The summed E-state index contributed by atoms with van der Waals surface area (Å²) < 4.78 is 20.1. The number of hydrogen-bond donors (Lipinski definition) is 2.